The van der Waals surface area contributed by atoms with Crippen molar-refractivity contribution in [1.82, 2.24) is 9.88 Å². The maximum absolute atomic E-state index is 12.8. The van der Waals surface area contributed by atoms with Crippen molar-refractivity contribution in [3.63, 3.8) is 0 Å². The van der Waals surface area contributed by atoms with Crippen LogP contribution >= 0.6 is 0 Å². The third-order valence-corrected chi connectivity index (χ3v) is 4.32. The SMILES string of the molecule is CCO[C@H]1CCN(C(=O)c2cccnc2)[C@H]1Cc1ccccc1. The molecule has 1 aromatic heterocycles. The molecule has 0 N–H and O–H groups in total. The van der Waals surface area contributed by atoms with Crippen molar-refractivity contribution in [2.45, 2.75) is 31.9 Å². The van der Waals surface area contributed by atoms with Crippen molar-refractivity contribution in [1.29, 1.82) is 0 Å². The Morgan fingerprint density at radius 2 is 2.09 bits per heavy atom. The number of nitrogens with zero attached hydrogens (tertiary/aromatic N) is 2. The van der Waals surface area contributed by atoms with Gasteiger partial charge in [0.2, 0.25) is 0 Å². The fourth-order valence-corrected chi connectivity index (χ4v) is 3.24. The average Bonchev–Trinajstić information content (AvgIpc) is 2.99. The van der Waals surface area contributed by atoms with Crippen LogP contribution < -0.4 is 0 Å². The highest BCUT2D eigenvalue weighted by Gasteiger charge is 2.37. The normalized spacial score (nSPS) is 20.7. The molecule has 2 heterocycles. The number of aromatic nitrogens is 1. The zero-order chi connectivity index (χ0) is 16.1. The smallest absolute Gasteiger partial charge is 0.255 e. The molecule has 2 aromatic rings. The van der Waals surface area contributed by atoms with Crippen molar-refractivity contribution in [3.05, 3.63) is 66.0 Å². The number of carbonyl (C=O) groups excluding carboxylic acids is 1. The van der Waals surface area contributed by atoms with Gasteiger partial charge in [-0.05, 0) is 37.5 Å². The second kappa shape index (κ2) is 7.38. The number of pyridine rings is 1. The first-order valence-electron chi connectivity index (χ1n) is 8.16. The molecule has 1 amide bonds. The van der Waals surface area contributed by atoms with Crippen LogP contribution in [0.5, 0.6) is 0 Å². The van der Waals surface area contributed by atoms with Gasteiger partial charge >= 0.3 is 0 Å². The third kappa shape index (κ3) is 3.59. The molecule has 2 atom stereocenters. The van der Waals surface area contributed by atoms with Crippen LogP contribution in [0.2, 0.25) is 0 Å². The maximum atomic E-state index is 12.8. The van der Waals surface area contributed by atoms with Gasteiger partial charge in [-0.25, -0.2) is 0 Å². The summed E-state index contributed by atoms with van der Waals surface area (Å²) in [6.07, 6.45) is 5.12. The van der Waals surface area contributed by atoms with Crippen molar-refractivity contribution in [3.8, 4) is 0 Å². The van der Waals surface area contributed by atoms with E-state index < -0.39 is 0 Å². The summed E-state index contributed by atoms with van der Waals surface area (Å²) in [5.74, 6) is 0.0428. The van der Waals surface area contributed by atoms with E-state index in [1.54, 1.807) is 18.5 Å². The highest BCUT2D eigenvalue weighted by molar-refractivity contribution is 5.94. The van der Waals surface area contributed by atoms with Gasteiger partial charge in [0.05, 0.1) is 17.7 Å². The Balaban J connectivity index is 1.81. The molecular formula is C19H22N2O2. The Hall–Kier alpha value is -2.20. The van der Waals surface area contributed by atoms with E-state index in [-0.39, 0.29) is 18.1 Å². The van der Waals surface area contributed by atoms with E-state index in [9.17, 15) is 4.79 Å². The molecule has 1 aromatic carbocycles. The highest BCUT2D eigenvalue weighted by atomic mass is 16.5. The van der Waals surface area contributed by atoms with E-state index in [4.69, 9.17) is 4.74 Å². The number of carbonyl (C=O) groups is 1. The zero-order valence-electron chi connectivity index (χ0n) is 13.4. The molecule has 23 heavy (non-hydrogen) atoms. The molecule has 0 unspecified atom stereocenters. The van der Waals surface area contributed by atoms with Crippen LogP contribution in [0.25, 0.3) is 0 Å². The average molecular weight is 310 g/mol. The van der Waals surface area contributed by atoms with E-state index >= 15 is 0 Å². The van der Waals surface area contributed by atoms with Gasteiger partial charge in [-0.15, -0.1) is 0 Å². The Morgan fingerprint density at radius 3 is 2.78 bits per heavy atom. The maximum Gasteiger partial charge on any atom is 0.255 e. The summed E-state index contributed by atoms with van der Waals surface area (Å²) >= 11 is 0. The first kappa shape index (κ1) is 15.7. The fraction of sp³-hybridized carbons (Fsp3) is 0.368. The lowest BCUT2D eigenvalue weighted by Gasteiger charge is -2.28. The number of amides is 1. The van der Waals surface area contributed by atoms with Gasteiger partial charge in [0, 0.05) is 25.5 Å². The van der Waals surface area contributed by atoms with E-state index in [0.717, 1.165) is 19.4 Å². The molecule has 1 aliphatic heterocycles. The predicted molar refractivity (Wildman–Crippen MR) is 89.2 cm³/mol. The van der Waals surface area contributed by atoms with E-state index in [1.807, 2.05) is 36.1 Å². The van der Waals surface area contributed by atoms with Crippen LogP contribution in [0.1, 0.15) is 29.3 Å². The van der Waals surface area contributed by atoms with Gasteiger partial charge in [-0.2, -0.15) is 0 Å². The van der Waals surface area contributed by atoms with Crippen molar-refractivity contribution >= 4 is 5.91 Å². The molecule has 1 saturated heterocycles. The van der Waals surface area contributed by atoms with E-state index in [0.29, 0.717) is 12.2 Å². The molecule has 3 rings (SSSR count). The summed E-state index contributed by atoms with van der Waals surface area (Å²) in [5.41, 5.74) is 1.87. The molecule has 1 aliphatic rings. The summed E-state index contributed by atoms with van der Waals surface area (Å²) in [7, 11) is 0. The van der Waals surface area contributed by atoms with Gasteiger partial charge < -0.3 is 9.64 Å². The number of benzene rings is 1. The Morgan fingerprint density at radius 1 is 1.26 bits per heavy atom. The van der Waals surface area contributed by atoms with Crippen LogP contribution in [0.3, 0.4) is 0 Å². The zero-order valence-corrected chi connectivity index (χ0v) is 13.4. The molecule has 4 heteroatoms. The second-order valence-corrected chi connectivity index (χ2v) is 5.78. The van der Waals surface area contributed by atoms with Gasteiger partial charge in [0.15, 0.2) is 0 Å². The van der Waals surface area contributed by atoms with E-state index in [2.05, 4.69) is 17.1 Å². The minimum Gasteiger partial charge on any atom is -0.376 e. The second-order valence-electron chi connectivity index (χ2n) is 5.78. The lowest BCUT2D eigenvalue weighted by molar-refractivity contribution is 0.0312. The topological polar surface area (TPSA) is 42.4 Å². The first-order valence-corrected chi connectivity index (χ1v) is 8.16. The lowest BCUT2D eigenvalue weighted by atomic mass is 10.0. The Labute approximate surface area is 137 Å². The molecule has 0 aliphatic carbocycles. The Kier molecular flexibility index (Phi) is 5.03. The summed E-state index contributed by atoms with van der Waals surface area (Å²) in [4.78, 5) is 18.8. The largest absolute Gasteiger partial charge is 0.376 e. The van der Waals surface area contributed by atoms with Gasteiger partial charge in [0.25, 0.3) is 5.91 Å². The lowest BCUT2D eigenvalue weighted by Crippen LogP contribution is -2.42. The standard InChI is InChI=1S/C19H22N2O2/c1-2-23-18-10-12-21(19(22)16-9-6-11-20-14-16)17(18)13-15-7-4-3-5-8-15/h3-9,11,14,17-18H,2,10,12-13H2,1H3/t17-,18-/m0/s1. The first-order chi connectivity index (χ1) is 11.3. The molecule has 120 valence electrons. The minimum absolute atomic E-state index is 0.0428. The minimum atomic E-state index is 0.0428. The molecular weight excluding hydrogens is 288 g/mol. The molecule has 4 nitrogen and oxygen atoms in total. The third-order valence-electron chi connectivity index (χ3n) is 4.32. The summed E-state index contributed by atoms with van der Waals surface area (Å²) in [6, 6.07) is 14.0. The molecule has 0 spiro atoms. The summed E-state index contributed by atoms with van der Waals surface area (Å²) < 4.78 is 5.89. The van der Waals surface area contributed by atoms with Crippen LogP contribution in [0.15, 0.2) is 54.9 Å². The van der Waals surface area contributed by atoms with Crippen molar-refractivity contribution < 1.29 is 9.53 Å². The quantitative estimate of drug-likeness (QED) is 0.853. The van der Waals surface area contributed by atoms with Crippen molar-refractivity contribution in [2.24, 2.45) is 0 Å². The van der Waals surface area contributed by atoms with Crippen molar-refractivity contribution in [2.75, 3.05) is 13.2 Å². The fourth-order valence-electron chi connectivity index (χ4n) is 3.24. The van der Waals surface area contributed by atoms with Crippen LogP contribution in [0, 0.1) is 0 Å². The predicted octanol–water partition coefficient (Wildman–Crippen LogP) is 2.94. The summed E-state index contributed by atoms with van der Waals surface area (Å²) in [6.45, 7) is 3.41. The highest BCUT2D eigenvalue weighted by Crippen LogP contribution is 2.26. The molecule has 0 bridgehead atoms. The Bertz CT molecular complexity index is 630. The van der Waals surface area contributed by atoms with Crippen LogP contribution in [-0.4, -0.2) is 41.1 Å². The van der Waals surface area contributed by atoms with Gasteiger partial charge in [-0.1, -0.05) is 30.3 Å². The summed E-state index contributed by atoms with van der Waals surface area (Å²) in [5, 5.41) is 0. The van der Waals surface area contributed by atoms with Gasteiger partial charge in [-0.3, -0.25) is 9.78 Å². The monoisotopic (exact) mass is 310 g/mol. The molecule has 1 fully saturated rings. The molecule has 0 radical (unpaired) electrons. The molecule has 0 saturated carbocycles. The number of hydrogen-bond acceptors (Lipinski definition) is 3. The number of ether oxygens (including phenoxy) is 1. The number of hydrogen-bond donors (Lipinski definition) is 0. The van der Waals surface area contributed by atoms with E-state index in [1.165, 1.54) is 5.56 Å². The number of rotatable bonds is 5. The number of likely N-dealkylation sites (tertiary alicyclic amines) is 1. The van der Waals surface area contributed by atoms with Gasteiger partial charge in [0.1, 0.15) is 0 Å². The van der Waals surface area contributed by atoms with Crippen LogP contribution in [-0.2, 0) is 11.2 Å². The van der Waals surface area contributed by atoms with Crippen LogP contribution in [0.4, 0.5) is 0 Å².